The molecule has 42 heavy (non-hydrogen) atoms. The van der Waals surface area contributed by atoms with Gasteiger partial charge in [0.2, 0.25) is 0 Å². The molecule has 0 saturated heterocycles. The quantitative estimate of drug-likeness (QED) is 0.212. The molecular weight excluding hydrogens is 510 g/mol. The largest absolute Gasteiger partial charge is 0.264 e. The van der Waals surface area contributed by atoms with Crippen LogP contribution in [0.2, 0.25) is 0 Å². The maximum atomic E-state index is 5.02. The molecule has 2 aromatic heterocycles. The first-order valence-corrected chi connectivity index (χ1v) is 14.0. The fourth-order valence-electron chi connectivity index (χ4n) is 5.17. The zero-order valence-electron chi connectivity index (χ0n) is 22.9. The van der Waals surface area contributed by atoms with Crippen molar-refractivity contribution in [3.8, 4) is 67.3 Å². The molecule has 0 radical (unpaired) electrons. The van der Waals surface area contributed by atoms with Gasteiger partial charge in [-0.1, -0.05) is 133 Å². The highest BCUT2D eigenvalue weighted by Crippen LogP contribution is 2.31. The molecule has 2 heterocycles. The first-order valence-electron chi connectivity index (χ1n) is 14.0. The monoisotopic (exact) mass is 537 g/mol. The summed E-state index contributed by atoms with van der Waals surface area (Å²) in [4.78, 5) is 14.3. The van der Waals surface area contributed by atoms with Crippen LogP contribution in [-0.4, -0.2) is 15.0 Å². The van der Waals surface area contributed by atoms with Crippen LogP contribution in [0.25, 0.3) is 67.3 Å². The Balaban J connectivity index is 1.25. The number of hydrogen-bond acceptors (Lipinski definition) is 3. The molecule has 0 saturated carbocycles. The number of benzene rings is 5. The lowest BCUT2D eigenvalue weighted by Crippen LogP contribution is -1.96. The molecule has 5 aromatic carbocycles. The van der Waals surface area contributed by atoms with Crippen molar-refractivity contribution in [1.82, 2.24) is 15.0 Å². The predicted molar refractivity (Wildman–Crippen MR) is 172 cm³/mol. The van der Waals surface area contributed by atoms with E-state index in [9.17, 15) is 0 Å². The van der Waals surface area contributed by atoms with Crippen molar-refractivity contribution in [2.45, 2.75) is 0 Å². The number of rotatable bonds is 6. The van der Waals surface area contributed by atoms with Gasteiger partial charge in [-0.25, -0.2) is 9.97 Å². The summed E-state index contributed by atoms with van der Waals surface area (Å²) in [5.74, 6) is 0.711. The lowest BCUT2D eigenvalue weighted by atomic mass is 9.98. The summed E-state index contributed by atoms with van der Waals surface area (Å²) in [7, 11) is 0. The average Bonchev–Trinajstić information content (AvgIpc) is 3.09. The van der Waals surface area contributed by atoms with Crippen LogP contribution in [0.5, 0.6) is 0 Å². The minimum absolute atomic E-state index is 0.711. The maximum absolute atomic E-state index is 5.02. The summed E-state index contributed by atoms with van der Waals surface area (Å²) in [6.45, 7) is 0. The Hall–Kier alpha value is -5.67. The van der Waals surface area contributed by atoms with Gasteiger partial charge in [0.1, 0.15) is 0 Å². The van der Waals surface area contributed by atoms with Crippen molar-refractivity contribution < 1.29 is 0 Å². The van der Waals surface area contributed by atoms with Gasteiger partial charge in [0, 0.05) is 29.1 Å². The van der Waals surface area contributed by atoms with Gasteiger partial charge in [-0.15, -0.1) is 0 Å². The SMILES string of the molecule is c1ccc(-c2cccc(-c3cc(-c4ccc(-c5ccc(-c6cccnc6)cc5)cc4)nc(-c4ccccc4)n3)c2)cc1. The van der Waals surface area contributed by atoms with Gasteiger partial charge in [0.15, 0.2) is 5.82 Å². The molecular formula is C39H27N3. The molecule has 0 aliphatic rings. The van der Waals surface area contributed by atoms with Crippen LogP contribution in [0.4, 0.5) is 0 Å². The second-order valence-corrected chi connectivity index (χ2v) is 10.2. The Labute approximate surface area is 245 Å². The molecule has 0 aliphatic carbocycles. The van der Waals surface area contributed by atoms with E-state index in [0.29, 0.717) is 5.82 Å². The normalized spacial score (nSPS) is 10.9. The van der Waals surface area contributed by atoms with Crippen molar-refractivity contribution >= 4 is 0 Å². The Morgan fingerprint density at radius 2 is 0.786 bits per heavy atom. The van der Waals surface area contributed by atoms with Crippen LogP contribution in [0.1, 0.15) is 0 Å². The minimum atomic E-state index is 0.711. The molecule has 3 nitrogen and oxygen atoms in total. The fraction of sp³-hybridized carbons (Fsp3) is 0. The summed E-state index contributed by atoms with van der Waals surface area (Å²) < 4.78 is 0. The van der Waals surface area contributed by atoms with Crippen LogP contribution >= 0.6 is 0 Å². The first kappa shape index (κ1) is 25.3. The lowest BCUT2D eigenvalue weighted by Gasteiger charge is -2.11. The van der Waals surface area contributed by atoms with Crippen molar-refractivity contribution in [3.05, 3.63) is 164 Å². The minimum Gasteiger partial charge on any atom is -0.264 e. The standard InChI is InChI=1S/C39H27N3/c1-3-9-28(10-4-1)34-13-7-14-35(25-34)38-26-37(41-39(42-38)33-11-5-2-6-12-33)32-22-20-30(21-23-32)29-16-18-31(19-17-29)36-15-8-24-40-27-36/h1-27H. The predicted octanol–water partition coefficient (Wildman–Crippen LogP) is 9.87. The van der Waals surface area contributed by atoms with E-state index >= 15 is 0 Å². The van der Waals surface area contributed by atoms with E-state index in [-0.39, 0.29) is 0 Å². The summed E-state index contributed by atoms with van der Waals surface area (Å²) in [5, 5.41) is 0. The Morgan fingerprint density at radius 1 is 0.310 bits per heavy atom. The number of aromatic nitrogens is 3. The van der Waals surface area contributed by atoms with Crippen LogP contribution in [0, 0.1) is 0 Å². The molecule has 3 heteroatoms. The Morgan fingerprint density at radius 3 is 1.40 bits per heavy atom. The van der Waals surface area contributed by atoms with Crippen molar-refractivity contribution in [2.24, 2.45) is 0 Å². The highest BCUT2D eigenvalue weighted by molar-refractivity contribution is 5.77. The topological polar surface area (TPSA) is 38.7 Å². The van der Waals surface area contributed by atoms with Gasteiger partial charge < -0.3 is 0 Å². The molecule has 7 rings (SSSR count). The highest BCUT2D eigenvalue weighted by atomic mass is 14.9. The van der Waals surface area contributed by atoms with E-state index in [1.165, 1.54) is 11.1 Å². The summed E-state index contributed by atoms with van der Waals surface area (Å²) in [6.07, 6.45) is 3.69. The van der Waals surface area contributed by atoms with Crippen molar-refractivity contribution in [1.29, 1.82) is 0 Å². The molecule has 0 N–H and O–H groups in total. The Kier molecular flexibility index (Phi) is 6.89. The van der Waals surface area contributed by atoms with Crippen LogP contribution in [0.15, 0.2) is 164 Å². The van der Waals surface area contributed by atoms with Crippen LogP contribution < -0.4 is 0 Å². The third kappa shape index (κ3) is 5.36. The van der Waals surface area contributed by atoms with Gasteiger partial charge >= 0.3 is 0 Å². The summed E-state index contributed by atoms with van der Waals surface area (Å²) >= 11 is 0. The van der Waals surface area contributed by atoms with Gasteiger partial charge in [-0.05, 0) is 51.6 Å². The maximum Gasteiger partial charge on any atom is 0.160 e. The molecule has 0 unspecified atom stereocenters. The highest BCUT2D eigenvalue weighted by Gasteiger charge is 2.12. The zero-order chi connectivity index (χ0) is 28.1. The smallest absolute Gasteiger partial charge is 0.160 e. The summed E-state index contributed by atoms with van der Waals surface area (Å²) in [5.41, 5.74) is 11.8. The van der Waals surface area contributed by atoms with E-state index < -0.39 is 0 Å². The van der Waals surface area contributed by atoms with Crippen LogP contribution in [-0.2, 0) is 0 Å². The molecule has 0 aliphatic heterocycles. The number of nitrogens with zero attached hydrogens (tertiary/aromatic N) is 3. The molecule has 0 fully saturated rings. The van der Waals surface area contributed by atoms with Gasteiger partial charge in [-0.3, -0.25) is 4.98 Å². The summed E-state index contributed by atoms with van der Waals surface area (Å²) in [6, 6.07) is 52.5. The first-order chi connectivity index (χ1) is 20.8. The number of hydrogen-bond donors (Lipinski definition) is 0. The average molecular weight is 538 g/mol. The van der Waals surface area contributed by atoms with Gasteiger partial charge in [-0.2, -0.15) is 0 Å². The van der Waals surface area contributed by atoms with Crippen LogP contribution in [0.3, 0.4) is 0 Å². The van der Waals surface area contributed by atoms with Crippen molar-refractivity contribution in [2.75, 3.05) is 0 Å². The zero-order valence-corrected chi connectivity index (χ0v) is 22.9. The fourth-order valence-corrected chi connectivity index (χ4v) is 5.17. The van der Waals surface area contributed by atoms with E-state index in [1.54, 1.807) is 6.20 Å². The second kappa shape index (κ2) is 11.4. The van der Waals surface area contributed by atoms with E-state index in [1.807, 2.05) is 36.5 Å². The van der Waals surface area contributed by atoms with E-state index in [0.717, 1.165) is 50.3 Å². The molecule has 7 aromatic rings. The molecule has 0 amide bonds. The molecule has 0 spiro atoms. The Bertz CT molecular complexity index is 1930. The third-order valence-electron chi connectivity index (χ3n) is 7.42. The second-order valence-electron chi connectivity index (χ2n) is 10.2. The molecule has 198 valence electrons. The lowest BCUT2D eigenvalue weighted by molar-refractivity contribution is 1.18. The van der Waals surface area contributed by atoms with E-state index in [4.69, 9.17) is 9.97 Å². The van der Waals surface area contributed by atoms with Crippen molar-refractivity contribution in [3.63, 3.8) is 0 Å². The van der Waals surface area contributed by atoms with E-state index in [2.05, 4.69) is 126 Å². The third-order valence-corrected chi connectivity index (χ3v) is 7.42. The van der Waals surface area contributed by atoms with Gasteiger partial charge in [0.05, 0.1) is 11.4 Å². The molecule has 0 bridgehead atoms. The molecule has 0 atom stereocenters. The van der Waals surface area contributed by atoms with Gasteiger partial charge in [0.25, 0.3) is 0 Å². The number of pyridine rings is 1.